The molecular formula is C14H20BrNO3. The Hall–Kier alpha value is -1.07. The van der Waals surface area contributed by atoms with Gasteiger partial charge in [-0.2, -0.15) is 0 Å². The minimum Gasteiger partial charge on any atom is -0.492 e. The predicted molar refractivity (Wildman–Crippen MR) is 78.4 cm³/mol. The van der Waals surface area contributed by atoms with Crippen LogP contribution >= 0.6 is 15.9 Å². The lowest BCUT2D eigenvalue weighted by Crippen LogP contribution is -2.14. The molecule has 0 saturated heterocycles. The maximum atomic E-state index is 11.1. The first kappa shape index (κ1) is 16.0. The molecule has 4 nitrogen and oxygen atoms in total. The van der Waals surface area contributed by atoms with Crippen LogP contribution in [0.5, 0.6) is 5.75 Å². The normalized spacial score (nSPS) is 10.3. The summed E-state index contributed by atoms with van der Waals surface area (Å²) in [5, 5.41) is 3.28. The van der Waals surface area contributed by atoms with E-state index in [1.165, 1.54) is 7.11 Å². The molecule has 0 saturated carbocycles. The Kier molecular flexibility index (Phi) is 6.87. The first-order valence-electron chi connectivity index (χ1n) is 6.27. The number of hydrogen-bond donors (Lipinski definition) is 1. The molecule has 0 bridgehead atoms. The number of ether oxygens (including phenoxy) is 2. The summed E-state index contributed by atoms with van der Waals surface area (Å²) in [6.07, 6.45) is 0.257. The number of esters is 1. The van der Waals surface area contributed by atoms with E-state index in [-0.39, 0.29) is 12.4 Å². The molecule has 0 radical (unpaired) electrons. The molecule has 1 N–H and O–H groups in total. The van der Waals surface area contributed by atoms with E-state index < -0.39 is 0 Å². The second-order valence-electron chi connectivity index (χ2n) is 4.17. The molecule has 5 heteroatoms. The molecule has 106 valence electrons. The SMILES string of the molecule is CCNCc1cc(Br)cc(C)c1OCCC(=O)OC. The van der Waals surface area contributed by atoms with Gasteiger partial charge in [0.2, 0.25) is 0 Å². The number of rotatable bonds is 7. The maximum Gasteiger partial charge on any atom is 0.308 e. The zero-order chi connectivity index (χ0) is 14.3. The van der Waals surface area contributed by atoms with Crippen LogP contribution in [0.1, 0.15) is 24.5 Å². The molecule has 1 aromatic carbocycles. The average Bonchev–Trinajstić information content (AvgIpc) is 2.38. The largest absolute Gasteiger partial charge is 0.492 e. The van der Waals surface area contributed by atoms with Crippen LogP contribution in [0.3, 0.4) is 0 Å². The Morgan fingerprint density at radius 3 is 2.79 bits per heavy atom. The van der Waals surface area contributed by atoms with Crippen molar-refractivity contribution in [2.75, 3.05) is 20.3 Å². The number of carbonyl (C=O) groups is 1. The highest BCUT2D eigenvalue weighted by Crippen LogP contribution is 2.28. The van der Waals surface area contributed by atoms with Crippen molar-refractivity contribution in [1.29, 1.82) is 0 Å². The molecule has 19 heavy (non-hydrogen) atoms. The van der Waals surface area contributed by atoms with Crippen LogP contribution in [0.15, 0.2) is 16.6 Å². The third-order valence-corrected chi connectivity index (χ3v) is 3.12. The fourth-order valence-corrected chi connectivity index (χ4v) is 2.36. The highest BCUT2D eigenvalue weighted by molar-refractivity contribution is 9.10. The van der Waals surface area contributed by atoms with Crippen molar-refractivity contribution in [3.63, 3.8) is 0 Å². The molecule has 1 aromatic rings. The number of hydrogen-bond acceptors (Lipinski definition) is 4. The van der Waals surface area contributed by atoms with E-state index in [0.29, 0.717) is 6.61 Å². The van der Waals surface area contributed by atoms with Crippen LogP contribution in [-0.4, -0.2) is 26.2 Å². The second kappa shape index (κ2) is 8.17. The van der Waals surface area contributed by atoms with Crippen LogP contribution in [-0.2, 0) is 16.1 Å². The molecular weight excluding hydrogens is 310 g/mol. The van der Waals surface area contributed by atoms with E-state index in [4.69, 9.17) is 4.74 Å². The van der Waals surface area contributed by atoms with Gasteiger partial charge in [-0.25, -0.2) is 0 Å². The number of carbonyl (C=O) groups excluding carboxylic acids is 1. The van der Waals surface area contributed by atoms with Crippen molar-refractivity contribution in [3.8, 4) is 5.75 Å². The molecule has 0 aromatic heterocycles. The zero-order valence-electron chi connectivity index (χ0n) is 11.6. The van der Waals surface area contributed by atoms with Crippen LogP contribution < -0.4 is 10.1 Å². The molecule has 0 aliphatic rings. The number of aryl methyl sites for hydroxylation is 1. The molecule has 0 spiro atoms. The van der Waals surface area contributed by atoms with E-state index in [1.54, 1.807) is 0 Å². The van der Waals surface area contributed by atoms with E-state index in [1.807, 2.05) is 19.1 Å². The van der Waals surface area contributed by atoms with Crippen molar-refractivity contribution in [1.82, 2.24) is 5.32 Å². The van der Waals surface area contributed by atoms with Crippen molar-refractivity contribution >= 4 is 21.9 Å². The summed E-state index contributed by atoms with van der Waals surface area (Å²) in [6.45, 7) is 6.02. The van der Waals surface area contributed by atoms with E-state index >= 15 is 0 Å². The minimum absolute atomic E-state index is 0.257. The summed E-state index contributed by atoms with van der Waals surface area (Å²) in [6, 6.07) is 4.03. The number of nitrogens with one attached hydrogen (secondary N) is 1. The summed E-state index contributed by atoms with van der Waals surface area (Å²) in [5.74, 6) is 0.580. The van der Waals surface area contributed by atoms with Crippen molar-refractivity contribution < 1.29 is 14.3 Å². The van der Waals surface area contributed by atoms with E-state index in [9.17, 15) is 4.79 Å². The fourth-order valence-electron chi connectivity index (χ4n) is 1.74. The topological polar surface area (TPSA) is 47.6 Å². The van der Waals surface area contributed by atoms with Crippen LogP contribution in [0.25, 0.3) is 0 Å². The highest BCUT2D eigenvalue weighted by atomic mass is 79.9. The first-order chi connectivity index (χ1) is 9.08. The van der Waals surface area contributed by atoms with Crippen LogP contribution in [0.2, 0.25) is 0 Å². The lowest BCUT2D eigenvalue weighted by atomic mass is 10.1. The van der Waals surface area contributed by atoms with Gasteiger partial charge in [-0.3, -0.25) is 4.79 Å². The quantitative estimate of drug-likeness (QED) is 0.781. The summed E-state index contributed by atoms with van der Waals surface area (Å²) in [7, 11) is 1.38. The Bertz CT molecular complexity index is 435. The Balaban J connectivity index is 2.76. The molecule has 0 aliphatic heterocycles. The van der Waals surface area contributed by atoms with Gasteiger partial charge in [0, 0.05) is 16.6 Å². The van der Waals surface area contributed by atoms with Crippen LogP contribution in [0.4, 0.5) is 0 Å². The zero-order valence-corrected chi connectivity index (χ0v) is 13.2. The number of methoxy groups -OCH3 is 1. The first-order valence-corrected chi connectivity index (χ1v) is 7.07. The third kappa shape index (κ3) is 5.20. The standard InChI is InChI=1S/C14H20BrNO3/c1-4-16-9-11-8-12(15)7-10(2)14(11)19-6-5-13(17)18-3/h7-8,16H,4-6,9H2,1-3H3. The molecule has 1 rings (SSSR count). The summed E-state index contributed by atoms with van der Waals surface area (Å²) >= 11 is 3.48. The Labute approximate surface area is 122 Å². The fraction of sp³-hybridized carbons (Fsp3) is 0.500. The number of benzene rings is 1. The molecule has 0 fully saturated rings. The summed E-state index contributed by atoms with van der Waals surface area (Å²) in [4.78, 5) is 11.1. The predicted octanol–water partition coefficient (Wildman–Crippen LogP) is 2.81. The molecule has 0 atom stereocenters. The molecule has 0 unspecified atom stereocenters. The van der Waals surface area contributed by atoms with Gasteiger partial charge >= 0.3 is 5.97 Å². The Morgan fingerprint density at radius 1 is 1.42 bits per heavy atom. The van der Waals surface area contributed by atoms with E-state index in [2.05, 4.69) is 32.9 Å². The average molecular weight is 330 g/mol. The van der Waals surface area contributed by atoms with Crippen LogP contribution in [0, 0.1) is 6.92 Å². The smallest absolute Gasteiger partial charge is 0.308 e. The molecule has 0 aliphatic carbocycles. The maximum absolute atomic E-state index is 11.1. The van der Waals surface area contributed by atoms with Gasteiger partial charge in [-0.15, -0.1) is 0 Å². The molecule has 0 amide bonds. The van der Waals surface area contributed by atoms with E-state index in [0.717, 1.165) is 34.4 Å². The van der Waals surface area contributed by atoms with Gasteiger partial charge in [-0.05, 0) is 31.2 Å². The second-order valence-corrected chi connectivity index (χ2v) is 5.08. The van der Waals surface area contributed by atoms with Crippen molar-refractivity contribution in [2.45, 2.75) is 26.8 Å². The monoisotopic (exact) mass is 329 g/mol. The van der Waals surface area contributed by atoms with Gasteiger partial charge in [0.25, 0.3) is 0 Å². The molecule has 0 heterocycles. The van der Waals surface area contributed by atoms with Gasteiger partial charge in [0.15, 0.2) is 0 Å². The number of halogens is 1. The van der Waals surface area contributed by atoms with Gasteiger partial charge in [-0.1, -0.05) is 22.9 Å². The minimum atomic E-state index is -0.261. The highest BCUT2D eigenvalue weighted by Gasteiger charge is 2.10. The summed E-state index contributed by atoms with van der Waals surface area (Å²) < 4.78 is 11.4. The Morgan fingerprint density at radius 2 is 2.16 bits per heavy atom. The van der Waals surface area contributed by atoms with Crippen molar-refractivity contribution in [2.24, 2.45) is 0 Å². The van der Waals surface area contributed by atoms with Gasteiger partial charge < -0.3 is 14.8 Å². The van der Waals surface area contributed by atoms with Gasteiger partial charge in [0.1, 0.15) is 5.75 Å². The van der Waals surface area contributed by atoms with Gasteiger partial charge in [0.05, 0.1) is 20.1 Å². The summed E-state index contributed by atoms with van der Waals surface area (Å²) in [5.41, 5.74) is 2.13. The van der Waals surface area contributed by atoms with Crippen molar-refractivity contribution in [3.05, 3.63) is 27.7 Å². The lowest BCUT2D eigenvalue weighted by molar-refractivity contribution is -0.141. The lowest BCUT2D eigenvalue weighted by Gasteiger charge is -2.15. The third-order valence-electron chi connectivity index (χ3n) is 2.66.